The molecule has 3 atom stereocenters. The summed E-state index contributed by atoms with van der Waals surface area (Å²) in [5.41, 5.74) is 5.96. The van der Waals surface area contributed by atoms with Crippen LogP contribution in [0.4, 0.5) is 0 Å². The van der Waals surface area contributed by atoms with Crippen molar-refractivity contribution in [3.63, 3.8) is 0 Å². The van der Waals surface area contributed by atoms with Crippen LogP contribution in [-0.2, 0) is 10.0 Å². The molecule has 0 radical (unpaired) electrons. The smallest absolute Gasteiger partial charge is 0.214 e. The summed E-state index contributed by atoms with van der Waals surface area (Å²) >= 11 is 0. The molecule has 0 amide bonds. The van der Waals surface area contributed by atoms with Crippen molar-refractivity contribution in [1.82, 2.24) is 4.72 Å². The maximum Gasteiger partial charge on any atom is 0.214 e. The summed E-state index contributed by atoms with van der Waals surface area (Å²) < 4.78 is 26.2. The summed E-state index contributed by atoms with van der Waals surface area (Å²) in [6.07, 6.45) is 4.40. The van der Waals surface area contributed by atoms with E-state index in [2.05, 4.69) is 11.6 Å². The standard InChI is InChI=1S/C10H20N2O2S/c1-2-7-5-8(6-10(7)11)12-15(13,14)9-3-4-9/h7-10,12H,2-6,11H2,1H3/t7-,8+,10+/m1/s1. The van der Waals surface area contributed by atoms with Gasteiger partial charge in [0.1, 0.15) is 0 Å². The largest absolute Gasteiger partial charge is 0.327 e. The fourth-order valence-corrected chi connectivity index (χ4v) is 4.04. The molecule has 0 aromatic heterocycles. The van der Waals surface area contributed by atoms with Gasteiger partial charge in [-0.2, -0.15) is 0 Å². The molecule has 0 saturated heterocycles. The van der Waals surface area contributed by atoms with Gasteiger partial charge in [-0.05, 0) is 31.6 Å². The van der Waals surface area contributed by atoms with Crippen LogP contribution in [0.15, 0.2) is 0 Å². The highest BCUT2D eigenvalue weighted by molar-refractivity contribution is 7.90. The van der Waals surface area contributed by atoms with Gasteiger partial charge in [0.15, 0.2) is 0 Å². The first-order valence-electron chi connectivity index (χ1n) is 5.79. The molecule has 0 aromatic carbocycles. The highest BCUT2D eigenvalue weighted by Crippen LogP contribution is 2.31. The Balaban J connectivity index is 1.91. The number of sulfonamides is 1. The summed E-state index contributed by atoms with van der Waals surface area (Å²) in [6.45, 7) is 2.11. The Labute approximate surface area is 91.7 Å². The number of nitrogens with one attached hydrogen (secondary N) is 1. The van der Waals surface area contributed by atoms with Gasteiger partial charge >= 0.3 is 0 Å². The summed E-state index contributed by atoms with van der Waals surface area (Å²) in [4.78, 5) is 0. The molecule has 0 aliphatic heterocycles. The minimum Gasteiger partial charge on any atom is -0.327 e. The van der Waals surface area contributed by atoms with Crippen LogP contribution in [0.2, 0.25) is 0 Å². The molecular weight excluding hydrogens is 212 g/mol. The molecule has 0 aromatic rings. The Hall–Kier alpha value is -0.130. The topological polar surface area (TPSA) is 72.2 Å². The van der Waals surface area contributed by atoms with Gasteiger partial charge in [0.25, 0.3) is 0 Å². The van der Waals surface area contributed by atoms with Crippen LogP contribution in [0, 0.1) is 5.92 Å². The molecule has 0 spiro atoms. The Morgan fingerprint density at radius 3 is 2.47 bits per heavy atom. The first kappa shape index (κ1) is 11.4. The van der Waals surface area contributed by atoms with Crippen molar-refractivity contribution in [2.24, 2.45) is 11.7 Å². The van der Waals surface area contributed by atoms with Crippen molar-refractivity contribution in [3.05, 3.63) is 0 Å². The van der Waals surface area contributed by atoms with Crippen molar-refractivity contribution in [3.8, 4) is 0 Å². The predicted molar refractivity (Wildman–Crippen MR) is 59.9 cm³/mol. The Morgan fingerprint density at radius 2 is 2.00 bits per heavy atom. The average Bonchev–Trinajstić information content (AvgIpc) is 2.92. The third-order valence-electron chi connectivity index (χ3n) is 3.57. The first-order chi connectivity index (χ1) is 7.03. The quantitative estimate of drug-likeness (QED) is 0.745. The van der Waals surface area contributed by atoms with Crippen LogP contribution in [0.1, 0.15) is 39.0 Å². The maximum atomic E-state index is 11.7. The fourth-order valence-electron chi connectivity index (χ4n) is 2.43. The summed E-state index contributed by atoms with van der Waals surface area (Å²) in [5, 5.41) is -0.116. The summed E-state index contributed by atoms with van der Waals surface area (Å²) in [7, 11) is -3.03. The van der Waals surface area contributed by atoms with Gasteiger partial charge in [0.2, 0.25) is 10.0 Å². The van der Waals surface area contributed by atoms with Gasteiger partial charge in [-0.25, -0.2) is 13.1 Å². The van der Waals surface area contributed by atoms with E-state index >= 15 is 0 Å². The number of hydrogen-bond donors (Lipinski definition) is 2. The van der Waals surface area contributed by atoms with Crippen molar-refractivity contribution >= 4 is 10.0 Å². The molecule has 2 saturated carbocycles. The first-order valence-corrected chi connectivity index (χ1v) is 7.34. The van der Waals surface area contributed by atoms with Gasteiger partial charge in [-0.1, -0.05) is 13.3 Å². The van der Waals surface area contributed by atoms with E-state index < -0.39 is 10.0 Å². The number of hydrogen-bond acceptors (Lipinski definition) is 3. The monoisotopic (exact) mass is 232 g/mol. The Morgan fingerprint density at radius 1 is 1.33 bits per heavy atom. The number of nitrogens with two attached hydrogens (primary N) is 1. The SMILES string of the molecule is CC[C@@H]1C[C@H](NS(=O)(=O)C2CC2)C[C@@H]1N. The van der Waals surface area contributed by atoms with E-state index in [4.69, 9.17) is 5.73 Å². The minimum atomic E-state index is -3.03. The zero-order valence-corrected chi connectivity index (χ0v) is 9.96. The van der Waals surface area contributed by atoms with E-state index in [1.165, 1.54) is 0 Å². The third-order valence-corrected chi connectivity index (χ3v) is 5.58. The lowest BCUT2D eigenvalue weighted by atomic mass is 10.0. The molecule has 3 N–H and O–H groups in total. The molecule has 2 fully saturated rings. The Kier molecular flexibility index (Phi) is 3.05. The van der Waals surface area contributed by atoms with Gasteiger partial charge in [-0.15, -0.1) is 0 Å². The lowest BCUT2D eigenvalue weighted by Gasteiger charge is -2.12. The fraction of sp³-hybridized carbons (Fsp3) is 1.00. The van der Waals surface area contributed by atoms with Crippen LogP contribution < -0.4 is 10.5 Å². The van der Waals surface area contributed by atoms with Crippen molar-refractivity contribution < 1.29 is 8.42 Å². The zero-order valence-electron chi connectivity index (χ0n) is 9.15. The molecule has 15 heavy (non-hydrogen) atoms. The summed E-state index contributed by atoms with van der Waals surface area (Å²) in [6, 6.07) is 0.248. The molecule has 5 heteroatoms. The number of rotatable bonds is 4. The van der Waals surface area contributed by atoms with E-state index in [1.807, 2.05) is 0 Å². The van der Waals surface area contributed by atoms with E-state index in [9.17, 15) is 8.42 Å². The van der Waals surface area contributed by atoms with Gasteiger partial charge < -0.3 is 5.73 Å². The molecule has 2 rings (SSSR count). The molecule has 0 heterocycles. The van der Waals surface area contributed by atoms with Crippen LogP contribution in [0.5, 0.6) is 0 Å². The molecule has 2 aliphatic rings. The van der Waals surface area contributed by atoms with Crippen LogP contribution in [0.25, 0.3) is 0 Å². The normalized spacial score (nSPS) is 37.1. The second-order valence-corrected chi connectivity index (χ2v) is 6.86. The van der Waals surface area contributed by atoms with Crippen molar-refractivity contribution in [2.75, 3.05) is 0 Å². The van der Waals surface area contributed by atoms with Gasteiger partial charge in [0, 0.05) is 12.1 Å². The van der Waals surface area contributed by atoms with Gasteiger partial charge in [-0.3, -0.25) is 0 Å². The average molecular weight is 232 g/mol. The van der Waals surface area contributed by atoms with Crippen molar-refractivity contribution in [1.29, 1.82) is 0 Å². The highest BCUT2D eigenvalue weighted by Gasteiger charge is 2.39. The predicted octanol–water partition coefficient (Wildman–Crippen LogP) is 0.584. The van der Waals surface area contributed by atoms with E-state index in [0.29, 0.717) is 5.92 Å². The van der Waals surface area contributed by atoms with Crippen molar-refractivity contribution in [2.45, 2.75) is 56.4 Å². The van der Waals surface area contributed by atoms with Crippen LogP contribution in [-0.4, -0.2) is 25.8 Å². The molecule has 2 aliphatic carbocycles. The molecular formula is C10H20N2O2S. The minimum absolute atomic E-state index is 0.0792. The lowest BCUT2D eigenvalue weighted by Crippen LogP contribution is -2.36. The second-order valence-electron chi connectivity index (χ2n) is 4.86. The molecule has 4 nitrogen and oxygen atoms in total. The van der Waals surface area contributed by atoms with Gasteiger partial charge in [0.05, 0.1) is 5.25 Å². The van der Waals surface area contributed by atoms with E-state index in [-0.39, 0.29) is 17.3 Å². The van der Waals surface area contributed by atoms with Crippen LogP contribution in [0.3, 0.4) is 0 Å². The molecule has 0 unspecified atom stereocenters. The second kappa shape index (κ2) is 4.03. The summed E-state index contributed by atoms with van der Waals surface area (Å²) in [5.74, 6) is 0.483. The molecule has 0 bridgehead atoms. The van der Waals surface area contributed by atoms with Crippen LogP contribution >= 0.6 is 0 Å². The lowest BCUT2D eigenvalue weighted by molar-refractivity contribution is 0.462. The maximum absolute atomic E-state index is 11.7. The van der Waals surface area contributed by atoms with E-state index in [0.717, 1.165) is 32.1 Å². The third kappa shape index (κ3) is 2.52. The Bertz CT molecular complexity index is 324. The van der Waals surface area contributed by atoms with E-state index in [1.54, 1.807) is 0 Å². The zero-order chi connectivity index (χ0) is 11.1. The highest BCUT2D eigenvalue weighted by atomic mass is 32.2. The molecule has 88 valence electrons.